The van der Waals surface area contributed by atoms with Gasteiger partial charge in [-0.3, -0.25) is 9.59 Å². The Labute approximate surface area is 192 Å². The van der Waals surface area contributed by atoms with Crippen LogP contribution in [0.3, 0.4) is 0 Å². The number of nitrogens with one attached hydrogen (secondary N) is 1. The minimum absolute atomic E-state index is 0.167. The smallest absolute Gasteiger partial charge is 0.251 e. The van der Waals surface area contributed by atoms with Crippen molar-refractivity contribution in [1.29, 1.82) is 0 Å². The largest absolute Gasteiger partial charge is 0.493 e. The molecule has 1 heterocycles. The van der Waals surface area contributed by atoms with E-state index in [9.17, 15) is 9.59 Å². The summed E-state index contributed by atoms with van der Waals surface area (Å²) in [6, 6.07) is 13.1. The molecule has 2 aromatic rings. The third-order valence-corrected chi connectivity index (χ3v) is 5.82. The van der Waals surface area contributed by atoms with E-state index in [2.05, 4.69) is 21.2 Å². The van der Waals surface area contributed by atoms with Crippen molar-refractivity contribution >= 4 is 27.7 Å². The minimum Gasteiger partial charge on any atom is -0.493 e. The average molecular weight is 489 g/mol. The molecule has 166 valence electrons. The lowest BCUT2D eigenvalue weighted by atomic mass is 10.2. The predicted octanol–water partition coefficient (Wildman–Crippen LogP) is 4.56. The Morgan fingerprint density at radius 2 is 1.90 bits per heavy atom. The Morgan fingerprint density at radius 1 is 1.10 bits per heavy atom. The maximum atomic E-state index is 12.5. The first-order valence-electron chi connectivity index (χ1n) is 10.7. The summed E-state index contributed by atoms with van der Waals surface area (Å²) in [5.41, 5.74) is 1.55. The van der Waals surface area contributed by atoms with Crippen LogP contribution in [0.5, 0.6) is 11.5 Å². The van der Waals surface area contributed by atoms with Crippen molar-refractivity contribution in [3.05, 3.63) is 58.1 Å². The Morgan fingerprint density at radius 3 is 2.68 bits per heavy atom. The van der Waals surface area contributed by atoms with Crippen LogP contribution in [0.2, 0.25) is 0 Å². The number of hydrogen-bond donors (Lipinski definition) is 1. The van der Waals surface area contributed by atoms with Gasteiger partial charge in [0.2, 0.25) is 5.91 Å². The van der Waals surface area contributed by atoms with Crippen LogP contribution in [0.4, 0.5) is 0 Å². The molecule has 0 aliphatic carbocycles. The predicted molar refractivity (Wildman–Crippen MR) is 123 cm³/mol. The molecule has 0 bridgehead atoms. The maximum absolute atomic E-state index is 12.5. The molecule has 3 rings (SSSR count). The summed E-state index contributed by atoms with van der Waals surface area (Å²) in [6.07, 6.45) is 4.54. The van der Waals surface area contributed by atoms with E-state index in [4.69, 9.17) is 9.47 Å². The van der Waals surface area contributed by atoms with Gasteiger partial charge in [-0.25, -0.2) is 0 Å². The van der Waals surface area contributed by atoms with Crippen molar-refractivity contribution in [1.82, 2.24) is 10.2 Å². The third kappa shape index (κ3) is 6.99. The second kappa shape index (κ2) is 11.7. The number of benzene rings is 2. The molecule has 0 spiro atoms. The zero-order chi connectivity index (χ0) is 22.1. The van der Waals surface area contributed by atoms with Gasteiger partial charge in [0.15, 0.2) is 11.5 Å². The monoisotopic (exact) mass is 488 g/mol. The van der Waals surface area contributed by atoms with Crippen LogP contribution in [-0.4, -0.2) is 43.5 Å². The molecule has 6 nitrogen and oxygen atoms in total. The van der Waals surface area contributed by atoms with Gasteiger partial charge in [0, 0.05) is 36.1 Å². The fraction of sp³-hybridized carbons (Fsp3) is 0.417. The topological polar surface area (TPSA) is 67.9 Å². The van der Waals surface area contributed by atoms with E-state index in [-0.39, 0.29) is 11.8 Å². The molecule has 0 unspecified atom stereocenters. The first-order chi connectivity index (χ1) is 15.1. The number of rotatable bonds is 9. The zero-order valence-electron chi connectivity index (χ0n) is 17.9. The summed E-state index contributed by atoms with van der Waals surface area (Å²) < 4.78 is 12.3. The number of hydrogen-bond acceptors (Lipinski definition) is 4. The molecular weight excluding hydrogens is 460 g/mol. The van der Waals surface area contributed by atoms with Gasteiger partial charge in [-0.05, 0) is 55.2 Å². The first kappa shape index (κ1) is 23.1. The minimum atomic E-state index is -0.167. The first-order valence-corrected chi connectivity index (χ1v) is 11.5. The Hall–Kier alpha value is -2.54. The highest BCUT2D eigenvalue weighted by atomic mass is 79.9. The zero-order valence-corrected chi connectivity index (χ0v) is 19.4. The summed E-state index contributed by atoms with van der Waals surface area (Å²) in [5.74, 6) is 1.16. The van der Waals surface area contributed by atoms with E-state index >= 15 is 0 Å². The normalized spacial score (nSPS) is 14.1. The molecule has 0 saturated carbocycles. The molecule has 0 atom stereocenters. The number of ether oxygens (including phenoxy) is 2. The summed E-state index contributed by atoms with van der Waals surface area (Å²) in [4.78, 5) is 26.5. The van der Waals surface area contributed by atoms with Crippen LogP contribution in [-0.2, 0) is 11.4 Å². The fourth-order valence-corrected chi connectivity index (χ4v) is 3.78. The number of likely N-dealkylation sites (tertiary alicyclic amines) is 1. The van der Waals surface area contributed by atoms with E-state index in [0.717, 1.165) is 42.3 Å². The van der Waals surface area contributed by atoms with Gasteiger partial charge in [-0.15, -0.1) is 0 Å². The molecular formula is C24H29BrN2O4. The fourth-order valence-electron chi connectivity index (χ4n) is 3.52. The van der Waals surface area contributed by atoms with Gasteiger partial charge in [0.25, 0.3) is 5.91 Å². The lowest BCUT2D eigenvalue weighted by Crippen LogP contribution is -2.34. The molecule has 2 amide bonds. The number of nitrogens with zero attached hydrogens (tertiary/aromatic N) is 1. The molecule has 0 radical (unpaired) electrons. The number of halogens is 1. The van der Waals surface area contributed by atoms with Crippen LogP contribution in [0, 0.1) is 0 Å². The van der Waals surface area contributed by atoms with Crippen molar-refractivity contribution in [3.8, 4) is 11.5 Å². The molecule has 7 heteroatoms. The van der Waals surface area contributed by atoms with Crippen LogP contribution >= 0.6 is 15.9 Å². The molecule has 31 heavy (non-hydrogen) atoms. The molecule has 1 aliphatic rings. The summed E-state index contributed by atoms with van der Waals surface area (Å²) in [6.45, 7) is 2.44. The number of methoxy groups -OCH3 is 1. The molecule has 0 aromatic heterocycles. The van der Waals surface area contributed by atoms with Crippen molar-refractivity contribution in [2.24, 2.45) is 0 Å². The van der Waals surface area contributed by atoms with Gasteiger partial charge in [-0.1, -0.05) is 34.5 Å². The van der Waals surface area contributed by atoms with Crippen LogP contribution in [0.1, 0.15) is 48.0 Å². The van der Waals surface area contributed by atoms with Crippen LogP contribution < -0.4 is 14.8 Å². The van der Waals surface area contributed by atoms with Crippen LogP contribution in [0.25, 0.3) is 0 Å². The van der Waals surface area contributed by atoms with Gasteiger partial charge < -0.3 is 19.7 Å². The average Bonchev–Trinajstić information content (AvgIpc) is 3.00. The lowest BCUT2D eigenvalue weighted by molar-refractivity contribution is -0.130. The lowest BCUT2D eigenvalue weighted by Gasteiger charge is -2.20. The third-order valence-electron chi connectivity index (χ3n) is 5.30. The van der Waals surface area contributed by atoms with Gasteiger partial charge in [0.05, 0.1) is 7.11 Å². The molecule has 1 saturated heterocycles. The van der Waals surface area contributed by atoms with E-state index in [1.807, 2.05) is 29.2 Å². The van der Waals surface area contributed by atoms with Gasteiger partial charge in [-0.2, -0.15) is 0 Å². The number of amides is 2. The summed E-state index contributed by atoms with van der Waals surface area (Å²) >= 11 is 3.42. The van der Waals surface area contributed by atoms with Crippen molar-refractivity contribution < 1.29 is 19.1 Å². The van der Waals surface area contributed by atoms with Crippen molar-refractivity contribution in [2.45, 2.75) is 38.7 Å². The van der Waals surface area contributed by atoms with Gasteiger partial charge >= 0.3 is 0 Å². The number of carbonyl (C=O) groups is 2. The molecule has 1 N–H and O–H groups in total. The van der Waals surface area contributed by atoms with Crippen LogP contribution in [0.15, 0.2) is 46.9 Å². The Balaban J connectivity index is 1.49. The highest BCUT2D eigenvalue weighted by molar-refractivity contribution is 9.10. The van der Waals surface area contributed by atoms with Crippen molar-refractivity contribution in [2.75, 3.05) is 26.7 Å². The highest BCUT2D eigenvalue weighted by Crippen LogP contribution is 2.29. The molecule has 2 aromatic carbocycles. The molecule has 1 aliphatic heterocycles. The van der Waals surface area contributed by atoms with E-state index in [0.29, 0.717) is 43.2 Å². The Kier molecular flexibility index (Phi) is 8.76. The van der Waals surface area contributed by atoms with E-state index in [1.165, 1.54) is 0 Å². The quantitative estimate of drug-likeness (QED) is 0.525. The summed E-state index contributed by atoms with van der Waals surface area (Å²) in [7, 11) is 1.56. The number of carbonyl (C=O) groups excluding carboxylic acids is 2. The second-order valence-electron chi connectivity index (χ2n) is 7.58. The van der Waals surface area contributed by atoms with Gasteiger partial charge in [0.1, 0.15) is 6.61 Å². The highest BCUT2D eigenvalue weighted by Gasteiger charge is 2.16. The SMILES string of the molecule is COc1cc(C(=O)NCCCN2CCCCCC2=O)ccc1OCc1ccc(Br)cc1. The maximum Gasteiger partial charge on any atom is 0.251 e. The molecule has 1 fully saturated rings. The second-order valence-corrected chi connectivity index (χ2v) is 8.50. The Bertz CT molecular complexity index is 886. The van der Waals surface area contributed by atoms with Crippen molar-refractivity contribution in [3.63, 3.8) is 0 Å². The van der Waals surface area contributed by atoms with E-state index in [1.54, 1.807) is 25.3 Å². The standard InChI is InChI=1S/C24H29BrN2O4/c1-30-22-16-19(9-12-21(22)31-17-18-7-10-20(25)11-8-18)24(29)26-13-5-15-27-14-4-2-3-6-23(27)28/h7-12,16H,2-6,13-15,17H2,1H3,(H,26,29). The van der Waals surface area contributed by atoms with E-state index < -0.39 is 0 Å². The summed E-state index contributed by atoms with van der Waals surface area (Å²) in [5, 5.41) is 2.93.